The molecule has 0 atom stereocenters. The number of nitrogens with zero attached hydrogens (tertiary/aromatic N) is 2. The zero-order valence-electron chi connectivity index (χ0n) is 40.8. The van der Waals surface area contributed by atoms with Gasteiger partial charge in [0.05, 0.1) is 16.7 Å². The van der Waals surface area contributed by atoms with Crippen LogP contribution in [-0.2, 0) is 23.7 Å². The van der Waals surface area contributed by atoms with E-state index >= 15 is 0 Å². The number of anilines is 3. The van der Waals surface area contributed by atoms with Crippen molar-refractivity contribution in [1.29, 1.82) is 0 Å². The Kier molecular flexibility index (Phi) is 10.2. The van der Waals surface area contributed by atoms with Gasteiger partial charge in [-0.1, -0.05) is 215 Å². The molecule has 2 aliphatic carbocycles. The lowest BCUT2D eigenvalue weighted by atomic mass is 9.69. The minimum absolute atomic E-state index is 0.169. The first-order valence-electron chi connectivity index (χ1n) is 25.2. The fourth-order valence-corrected chi connectivity index (χ4v) is 12.4. The summed E-state index contributed by atoms with van der Waals surface area (Å²) in [6.45, 7) is 13.0. The van der Waals surface area contributed by atoms with Crippen molar-refractivity contribution in [3.05, 3.63) is 288 Å². The maximum atomic E-state index is 4.11. The van der Waals surface area contributed by atoms with Crippen molar-refractivity contribution in [3.8, 4) is 39.1 Å². The monoisotopic (exact) mass is 922 g/mol. The first-order valence-corrected chi connectivity index (χ1v) is 25.2. The Morgan fingerprint density at radius 1 is 0.417 bits per heavy atom. The Morgan fingerprint density at radius 2 is 0.889 bits per heavy atom. The number of aromatic nitrogens is 1. The number of benzene rings is 10. The van der Waals surface area contributed by atoms with Gasteiger partial charge < -0.3 is 9.47 Å². The third-order valence-corrected chi connectivity index (χ3v) is 15.9. The zero-order chi connectivity index (χ0) is 48.6. The van der Waals surface area contributed by atoms with Crippen molar-refractivity contribution in [1.82, 2.24) is 4.57 Å². The molecule has 2 aliphatic rings. The van der Waals surface area contributed by atoms with E-state index in [9.17, 15) is 0 Å². The molecule has 13 rings (SSSR count). The summed E-state index contributed by atoms with van der Waals surface area (Å²) in [5, 5.41) is 2.51. The van der Waals surface area contributed by atoms with E-state index in [1.165, 1.54) is 88.6 Å². The van der Waals surface area contributed by atoms with Crippen molar-refractivity contribution in [2.24, 2.45) is 0 Å². The van der Waals surface area contributed by atoms with Crippen molar-refractivity contribution >= 4 is 51.0 Å². The van der Waals surface area contributed by atoms with Gasteiger partial charge in [0.25, 0.3) is 0 Å². The maximum absolute atomic E-state index is 4.11. The summed E-state index contributed by atoms with van der Waals surface area (Å²) in [7, 11) is 0. The summed E-state index contributed by atoms with van der Waals surface area (Å²) in [6.07, 6.45) is 5.46. The van der Waals surface area contributed by atoms with Crippen LogP contribution in [0.1, 0.15) is 58.4 Å². The van der Waals surface area contributed by atoms with E-state index in [0.717, 1.165) is 46.7 Å². The second kappa shape index (κ2) is 17.0. The summed E-state index contributed by atoms with van der Waals surface area (Å²) in [4.78, 5) is 2.52. The number of para-hydroxylation sites is 3. The predicted molar refractivity (Wildman–Crippen MR) is 305 cm³/mol. The van der Waals surface area contributed by atoms with Gasteiger partial charge >= 0.3 is 0 Å². The minimum atomic E-state index is -0.479. The fraction of sp³-hybridized carbons (Fsp3) is 0.0857. The molecule has 0 unspecified atom stereocenters. The van der Waals surface area contributed by atoms with Crippen LogP contribution in [0.25, 0.3) is 73.0 Å². The summed E-state index contributed by atoms with van der Waals surface area (Å²) >= 11 is 0. The predicted octanol–water partition coefficient (Wildman–Crippen LogP) is 18.3. The quantitative estimate of drug-likeness (QED) is 0.125. The second-order valence-corrected chi connectivity index (χ2v) is 20.3. The van der Waals surface area contributed by atoms with Gasteiger partial charge in [-0.15, -0.1) is 0 Å². The highest BCUT2D eigenvalue weighted by molar-refractivity contribution is 6.09. The molecule has 0 aliphatic heterocycles. The molecule has 2 nitrogen and oxygen atoms in total. The van der Waals surface area contributed by atoms with E-state index in [2.05, 4.69) is 267 Å². The van der Waals surface area contributed by atoms with Crippen molar-refractivity contribution < 1.29 is 0 Å². The highest BCUT2D eigenvalue weighted by atomic mass is 15.1. The molecule has 1 heterocycles. The molecule has 344 valence electrons. The van der Waals surface area contributed by atoms with Crippen LogP contribution in [0.3, 0.4) is 0 Å². The molecule has 72 heavy (non-hydrogen) atoms. The fourth-order valence-electron chi connectivity index (χ4n) is 12.4. The molecule has 0 N–H and O–H groups in total. The Morgan fingerprint density at radius 3 is 1.50 bits per heavy atom. The van der Waals surface area contributed by atoms with Gasteiger partial charge in [-0.3, -0.25) is 0 Å². The lowest BCUT2D eigenvalue weighted by Gasteiger charge is -2.35. The number of hydrogen-bond donors (Lipinski definition) is 0. The third-order valence-electron chi connectivity index (χ3n) is 15.9. The van der Waals surface area contributed by atoms with Crippen LogP contribution in [0, 0.1) is 0 Å². The van der Waals surface area contributed by atoms with Gasteiger partial charge in [-0.25, -0.2) is 0 Å². The lowest BCUT2D eigenvalue weighted by Crippen LogP contribution is -2.31. The average Bonchev–Trinajstić information content (AvgIpc) is 3.99. The second-order valence-electron chi connectivity index (χ2n) is 20.3. The Labute approximate surface area is 423 Å². The van der Waals surface area contributed by atoms with Gasteiger partial charge in [0, 0.05) is 44.2 Å². The molecule has 0 amide bonds. The van der Waals surface area contributed by atoms with E-state index in [-0.39, 0.29) is 5.41 Å². The first kappa shape index (κ1) is 43.3. The Balaban J connectivity index is 1.08. The van der Waals surface area contributed by atoms with Crippen LogP contribution in [-0.4, -0.2) is 4.57 Å². The molecule has 0 saturated carbocycles. The van der Waals surface area contributed by atoms with Crippen molar-refractivity contribution in [3.63, 3.8) is 0 Å². The van der Waals surface area contributed by atoms with Crippen LogP contribution < -0.4 is 4.90 Å². The lowest BCUT2D eigenvalue weighted by molar-refractivity contribution is 0.520. The van der Waals surface area contributed by atoms with Crippen molar-refractivity contribution in [2.75, 3.05) is 4.90 Å². The van der Waals surface area contributed by atoms with Gasteiger partial charge in [-0.2, -0.15) is 0 Å². The van der Waals surface area contributed by atoms with Crippen molar-refractivity contribution in [2.45, 2.75) is 37.5 Å². The summed E-state index contributed by atoms with van der Waals surface area (Å²) in [5.74, 6) is 0. The number of fused-ring (bicyclic) bond motifs is 9. The SMILES string of the molecule is C=Cc1ccc(CC2(Cc3ccc(C=C)cc3)c3cc(N(c4ccc5c(c4)C(C)(C)c4ccccc4-5)c4ccccc4-c4ccccc4)ccc3-c3ccc(-n4c5ccccc5c5ccccc54)cc32)cc1. The maximum Gasteiger partial charge on any atom is 0.0541 e. The van der Waals surface area contributed by atoms with E-state index < -0.39 is 5.41 Å². The van der Waals surface area contributed by atoms with Gasteiger partial charge in [-0.05, 0) is 140 Å². The summed E-state index contributed by atoms with van der Waals surface area (Å²) in [5.41, 5.74) is 24.0. The molecule has 1 aromatic heterocycles. The molecule has 0 bridgehead atoms. The highest BCUT2D eigenvalue weighted by Gasteiger charge is 2.45. The number of hydrogen-bond acceptors (Lipinski definition) is 1. The van der Waals surface area contributed by atoms with E-state index in [4.69, 9.17) is 0 Å². The highest BCUT2D eigenvalue weighted by Crippen LogP contribution is 2.56. The molecule has 10 aromatic carbocycles. The normalized spacial score (nSPS) is 13.6. The van der Waals surface area contributed by atoms with Crippen LogP contribution in [0.15, 0.2) is 244 Å². The van der Waals surface area contributed by atoms with E-state index in [0.29, 0.717) is 0 Å². The van der Waals surface area contributed by atoms with Crippen LogP contribution in [0.5, 0.6) is 0 Å². The standard InChI is InChI=1S/C70H54N2/c1-5-47-28-32-49(33-29-47)45-70(46-50-34-30-48(6-2)31-35-50)64-43-53(37-40-58(64)59-41-38-54(44-65(59)70)72-67-26-16-12-22-60(67)61-23-13-17-27-68(61)72)71(66-25-15-11-20-55(66)51-18-8-7-9-19-51)52-36-39-57-56-21-10-14-24-62(56)69(3,4)63(57)42-52/h5-44H,1-2,45-46H2,3-4H3. The van der Waals surface area contributed by atoms with Gasteiger partial charge in [0.2, 0.25) is 0 Å². The molecular weight excluding hydrogens is 869 g/mol. The largest absolute Gasteiger partial charge is 0.310 e. The summed E-state index contributed by atoms with van der Waals surface area (Å²) < 4.78 is 2.47. The molecule has 2 heteroatoms. The van der Waals surface area contributed by atoms with E-state index in [1.54, 1.807) is 0 Å². The molecular formula is C70H54N2. The first-order chi connectivity index (χ1) is 35.3. The van der Waals surface area contributed by atoms with Crippen LogP contribution >= 0.6 is 0 Å². The van der Waals surface area contributed by atoms with E-state index in [1.807, 2.05) is 12.2 Å². The van der Waals surface area contributed by atoms with Gasteiger partial charge in [0.1, 0.15) is 0 Å². The number of rotatable bonds is 11. The van der Waals surface area contributed by atoms with Crippen LogP contribution in [0.4, 0.5) is 17.1 Å². The minimum Gasteiger partial charge on any atom is -0.310 e. The zero-order valence-corrected chi connectivity index (χ0v) is 40.8. The molecule has 11 aromatic rings. The summed E-state index contributed by atoms with van der Waals surface area (Å²) in [6, 6.07) is 86.2. The Hall–Kier alpha value is -8.72. The Bertz CT molecular complexity index is 3820. The van der Waals surface area contributed by atoms with Crippen LogP contribution in [0.2, 0.25) is 0 Å². The molecule has 0 fully saturated rings. The smallest absolute Gasteiger partial charge is 0.0541 e. The third kappa shape index (κ3) is 6.85. The average molecular weight is 923 g/mol. The molecule has 0 radical (unpaired) electrons. The topological polar surface area (TPSA) is 8.17 Å². The van der Waals surface area contributed by atoms with Gasteiger partial charge in [0.15, 0.2) is 0 Å². The molecule has 0 spiro atoms. The molecule has 0 saturated heterocycles.